The Hall–Kier alpha value is -0.990. The molecule has 2 N–H and O–H groups in total. The van der Waals surface area contributed by atoms with Crippen molar-refractivity contribution in [2.75, 3.05) is 5.73 Å². The van der Waals surface area contributed by atoms with Crippen LogP contribution >= 0.6 is 0 Å². The molecule has 0 saturated heterocycles. The highest BCUT2D eigenvalue weighted by Gasteiger charge is 2.19. The highest BCUT2D eigenvalue weighted by atomic mass is 16.5. The van der Waals surface area contributed by atoms with E-state index in [0.29, 0.717) is 17.7 Å². The van der Waals surface area contributed by atoms with E-state index in [2.05, 4.69) is 32.9 Å². The lowest BCUT2D eigenvalue weighted by molar-refractivity contribution is 0.358. The minimum Gasteiger partial charge on any atom is -0.381 e. The molecule has 0 radical (unpaired) electrons. The third-order valence-electron chi connectivity index (χ3n) is 2.63. The zero-order chi connectivity index (χ0) is 11.4. The predicted octanol–water partition coefficient (Wildman–Crippen LogP) is 3.36. The molecule has 1 atom stereocenters. The quantitative estimate of drug-likeness (QED) is 0.810. The van der Waals surface area contributed by atoms with Crippen molar-refractivity contribution in [3.8, 4) is 0 Å². The van der Waals surface area contributed by atoms with Gasteiger partial charge in [0.05, 0.1) is 0 Å². The van der Waals surface area contributed by atoms with Crippen LogP contribution < -0.4 is 5.73 Å². The number of hydrogen-bond donors (Lipinski definition) is 1. The van der Waals surface area contributed by atoms with E-state index in [1.165, 1.54) is 0 Å². The topological polar surface area (TPSA) is 52.0 Å². The van der Waals surface area contributed by atoms with Crippen molar-refractivity contribution >= 4 is 5.82 Å². The molecule has 0 bridgehead atoms. The molecule has 1 aromatic heterocycles. The summed E-state index contributed by atoms with van der Waals surface area (Å²) in [4.78, 5) is 0. The molecule has 0 saturated carbocycles. The number of nitrogens with zero attached hydrogens (tertiary/aromatic N) is 1. The summed E-state index contributed by atoms with van der Waals surface area (Å²) in [5.74, 6) is 2.57. The van der Waals surface area contributed by atoms with E-state index in [1.807, 2.05) is 0 Å². The highest BCUT2D eigenvalue weighted by molar-refractivity contribution is 5.41. The first kappa shape index (κ1) is 12.1. The fourth-order valence-electron chi connectivity index (χ4n) is 1.90. The molecule has 0 fully saturated rings. The zero-order valence-corrected chi connectivity index (χ0v) is 10.2. The number of aromatic nitrogens is 1. The first-order valence-electron chi connectivity index (χ1n) is 5.80. The van der Waals surface area contributed by atoms with Gasteiger partial charge in [-0.2, -0.15) is 0 Å². The van der Waals surface area contributed by atoms with E-state index in [1.54, 1.807) is 0 Å². The van der Waals surface area contributed by atoms with E-state index in [0.717, 1.165) is 30.6 Å². The second-order valence-electron chi connectivity index (χ2n) is 4.70. The smallest absolute Gasteiger partial charge is 0.170 e. The fourth-order valence-corrected chi connectivity index (χ4v) is 1.90. The zero-order valence-electron chi connectivity index (χ0n) is 10.2. The van der Waals surface area contributed by atoms with E-state index in [4.69, 9.17) is 10.3 Å². The van der Waals surface area contributed by atoms with Crippen LogP contribution in [0.1, 0.15) is 57.8 Å². The van der Waals surface area contributed by atoms with Gasteiger partial charge in [-0.3, -0.25) is 0 Å². The summed E-state index contributed by atoms with van der Waals surface area (Å²) < 4.78 is 5.34. The van der Waals surface area contributed by atoms with Crippen LogP contribution in [0.5, 0.6) is 0 Å². The van der Waals surface area contributed by atoms with E-state index in [-0.39, 0.29) is 0 Å². The molecule has 0 amide bonds. The molecule has 1 unspecified atom stereocenters. The maximum Gasteiger partial charge on any atom is 0.170 e. The van der Waals surface area contributed by atoms with Gasteiger partial charge >= 0.3 is 0 Å². The van der Waals surface area contributed by atoms with Gasteiger partial charge in [0.15, 0.2) is 5.82 Å². The van der Waals surface area contributed by atoms with Crippen molar-refractivity contribution < 1.29 is 4.52 Å². The Balaban J connectivity index is 2.87. The Morgan fingerprint density at radius 3 is 2.53 bits per heavy atom. The monoisotopic (exact) mass is 210 g/mol. The van der Waals surface area contributed by atoms with Gasteiger partial charge in [-0.05, 0) is 18.8 Å². The molecular formula is C12H22N2O. The van der Waals surface area contributed by atoms with Crippen LogP contribution in [0.3, 0.4) is 0 Å². The highest BCUT2D eigenvalue weighted by Crippen LogP contribution is 2.29. The average molecular weight is 210 g/mol. The fraction of sp³-hybridized carbons (Fsp3) is 0.750. The Morgan fingerprint density at radius 2 is 2.00 bits per heavy atom. The van der Waals surface area contributed by atoms with E-state index in [9.17, 15) is 0 Å². The molecule has 3 heteroatoms. The summed E-state index contributed by atoms with van der Waals surface area (Å²) >= 11 is 0. The second-order valence-corrected chi connectivity index (χ2v) is 4.70. The van der Waals surface area contributed by atoms with Crippen molar-refractivity contribution in [3.05, 3.63) is 11.3 Å². The lowest BCUT2D eigenvalue weighted by Crippen LogP contribution is -2.02. The summed E-state index contributed by atoms with van der Waals surface area (Å²) in [6, 6.07) is 0. The van der Waals surface area contributed by atoms with Crippen LogP contribution in [0.2, 0.25) is 0 Å². The number of nitrogen functional groups attached to an aromatic ring is 1. The van der Waals surface area contributed by atoms with Crippen LogP contribution in [0.4, 0.5) is 5.82 Å². The third-order valence-corrected chi connectivity index (χ3v) is 2.63. The van der Waals surface area contributed by atoms with Crippen LogP contribution in [0, 0.1) is 5.92 Å². The summed E-state index contributed by atoms with van der Waals surface area (Å²) in [6.45, 7) is 8.72. The van der Waals surface area contributed by atoms with Crippen LogP contribution in [-0.2, 0) is 6.42 Å². The van der Waals surface area contributed by atoms with Crippen molar-refractivity contribution in [3.63, 3.8) is 0 Å². The van der Waals surface area contributed by atoms with Crippen molar-refractivity contribution in [1.82, 2.24) is 5.16 Å². The molecule has 0 aromatic carbocycles. The van der Waals surface area contributed by atoms with Gasteiger partial charge in [0.2, 0.25) is 0 Å². The van der Waals surface area contributed by atoms with Gasteiger partial charge in [-0.15, -0.1) is 0 Å². The molecule has 1 aromatic rings. The lowest BCUT2D eigenvalue weighted by Gasteiger charge is -2.10. The molecule has 1 heterocycles. The molecule has 1 rings (SSSR count). The van der Waals surface area contributed by atoms with Gasteiger partial charge in [-0.1, -0.05) is 39.3 Å². The van der Waals surface area contributed by atoms with E-state index >= 15 is 0 Å². The van der Waals surface area contributed by atoms with Gasteiger partial charge in [-0.25, -0.2) is 0 Å². The number of rotatable bonds is 5. The van der Waals surface area contributed by atoms with Crippen LogP contribution in [0.25, 0.3) is 0 Å². The standard InChI is InChI=1S/C12H22N2O/c1-5-6-9(4)11-10(7-8(2)3)12(13)14-15-11/h8-9H,5-7H2,1-4H3,(H2,13,14). The minimum absolute atomic E-state index is 0.425. The largest absolute Gasteiger partial charge is 0.381 e. The Bertz CT molecular complexity index is 305. The van der Waals surface area contributed by atoms with Gasteiger partial charge in [0.1, 0.15) is 5.76 Å². The molecular weight excluding hydrogens is 188 g/mol. The predicted molar refractivity (Wildman–Crippen MR) is 62.8 cm³/mol. The Kier molecular flexibility index (Phi) is 4.18. The maximum absolute atomic E-state index is 5.82. The van der Waals surface area contributed by atoms with E-state index < -0.39 is 0 Å². The average Bonchev–Trinajstić information content (AvgIpc) is 2.48. The Labute approximate surface area is 92.0 Å². The van der Waals surface area contributed by atoms with Gasteiger partial charge in [0.25, 0.3) is 0 Å². The van der Waals surface area contributed by atoms with Crippen molar-refractivity contribution in [2.24, 2.45) is 5.92 Å². The molecule has 0 aliphatic carbocycles. The normalized spacial score (nSPS) is 13.4. The maximum atomic E-state index is 5.82. The van der Waals surface area contributed by atoms with Crippen molar-refractivity contribution in [2.45, 2.75) is 52.9 Å². The van der Waals surface area contributed by atoms with Crippen molar-refractivity contribution in [1.29, 1.82) is 0 Å². The molecule has 86 valence electrons. The molecule has 15 heavy (non-hydrogen) atoms. The van der Waals surface area contributed by atoms with Gasteiger partial charge in [0, 0.05) is 11.5 Å². The number of nitrogens with two attached hydrogens (primary N) is 1. The SMILES string of the molecule is CCCC(C)c1onc(N)c1CC(C)C. The Morgan fingerprint density at radius 1 is 1.33 bits per heavy atom. The lowest BCUT2D eigenvalue weighted by atomic mass is 9.95. The second kappa shape index (κ2) is 5.19. The molecule has 0 aliphatic rings. The molecule has 0 aliphatic heterocycles. The van der Waals surface area contributed by atoms with Gasteiger partial charge < -0.3 is 10.3 Å². The number of anilines is 1. The molecule has 3 nitrogen and oxygen atoms in total. The minimum atomic E-state index is 0.425. The van der Waals surface area contributed by atoms with Crippen LogP contribution in [0.15, 0.2) is 4.52 Å². The summed E-state index contributed by atoms with van der Waals surface area (Å²) in [7, 11) is 0. The summed E-state index contributed by atoms with van der Waals surface area (Å²) in [5, 5.41) is 3.88. The molecule has 0 spiro atoms. The van der Waals surface area contributed by atoms with Crippen LogP contribution in [-0.4, -0.2) is 5.16 Å². The summed E-state index contributed by atoms with van der Waals surface area (Å²) in [5.41, 5.74) is 6.94. The number of hydrogen-bond acceptors (Lipinski definition) is 3. The first-order valence-corrected chi connectivity index (χ1v) is 5.80. The first-order chi connectivity index (χ1) is 7.06. The summed E-state index contributed by atoms with van der Waals surface area (Å²) in [6.07, 6.45) is 3.24. The third kappa shape index (κ3) is 2.98.